The Kier molecular flexibility index (Phi) is 5.98. The van der Waals surface area contributed by atoms with E-state index < -0.39 is 11.5 Å². The van der Waals surface area contributed by atoms with Gasteiger partial charge in [0.1, 0.15) is 28.6 Å². The van der Waals surface area contributed by atoms with Crippen LogP contribution in [0.15, 0.2) is 46.9 Å². The first kappa shape index (κ1) is 20.8. The molecule has 3 rings (SSSR count). The van der Waals surface area contributed by atoms with Gasteiger partial charge in [0.25, 0.3) is 5.56 Å². The fourth-order valence-corrected chi connectivity index (χ4v) is 3.09. The molecule has 2 heterocycles. The van der Waals surface area contributed by atoms with Gasteiger partial charge in [-0.1, -0.05) is 12.1 Å². The Hall–Kier alpha value is -3.92. The number of esters is 1. The molecule has 0 atom stereocenters. The lowest BCUT2D eigenvalue weighted by Gasteiger charge is -2.12. The van der Waals surface area contributed by atoms with E-state index in [2.05, 4.69) is 4.98 Å². The Bertz CT molecular complexity index is 1250. The molecule has 0 saturated carbocycles. The van der Waals surface area contributed by atoms with Gasteiger partial charge in [-0.05, 0) is 68.7 Å². The van der Waals surface area contributed by atoms with Gasteiger partial charge >= 0.3 is 5.97 Å². The molecular weight excluding hydrogens is 382 g/mol. The van der Waals surface area contributed by atoms with Gasteiger partial charge in [0.15, 0.2) is 0 Å². The van der Waals surface area contributed by atoms with Crippen molar-refractivity contribution in [2.24, 2.45) is 0 Å². The molecule has 0 aliphatic carbocycles. The average molecular weight is 403 g/mol. The summed E-state index contributed by atoms with van der Waals surface area (Å²) in [5, 5.41) is 9.40. The van der Waals surface area contributed by atoms with E-state index in [1.807, 2.05) is 45.0 Å². The molecule has 0 fully saturated rings. The summed E-state index contributed by atoms with van der Waals surface area (Å²) in [6.45, 7) is 7.44. The Morgan fingerprint density at radius 1 is 1.23 bits per heavy atom. The highest BCUT2D eigenvalue weighted by molar-refractivity contribution is 5.98. The summed E-state index contributed by atoms with van der Waals surface area (Å²) in [4.78, 5) is 29.8. The van der Waals surface area contributed by atoms with Crippen LogP contribution in [0.25, 0.3) is 11.7 Å². The molecule has 3 aromatic rings. The molecule has 0 N–H and O–H groups in total. The predicted octanol–water partition coefficient (Wildman–Crippen LogP) is 3.88. The van der Waals surface area contributed by atoms with Gasteiger partial charge in [0.2, 0.25) is 5.88 Å². The number of carbonyl (C=O) groups excluding carboxylic acids is 1. The Balaban J connectivity index is 2.27. The first-order valence-electron chi connectivity index (χ1n) is 9.41. The van der Waals surface area contributed by atoms with E-state index in [4.69, 9.17) is 9.47 Å². The van der Waals surface area contributed by atoms with E-state index in [0.29, 0.717) is 11.4 Å². The van der Waals surface area contributed by atoms with Crippen molar-refractivity contribution in [2.75, 3.05) is 6.61 Å². The number of pyridine rings is 1. The smallest absolute Gasteiger partial charge is 0.348 e. The molecule has 0 aliphatic heterocycles. The molecule has 0 radical (unpaired) electrons. The number of nitrogens with zero attached hydrogens (tertiary/aromatic N) is 3. The maximum atomic E-state index is 13.2. The number of rotatable bonds is 5. The number of carbonyl (C=O) groups is 1. The van der Waals surface area contributed by atoms with E-state index >= 15 is 0 Å². The zero-order chi connectivity index (χ0) is 21.8. The van der Waals surface area contributed by atoms with Crippen LogP contribution in [-0.2, 0) is 9.53 Å². The highest BCUT2D eigenvalue weighted by Crippen LogP contribution is 2.26. The lowest BCUT2D eigenvalue weighted by atomic mass is 10.1. The quantitative estimate of drug-likeness (QED) is 0.365. The third-order valence-corrected chi connectivity index (χ3v) is 4.36. The van der Waals surface area contributed by atoms with Crippen LogP contribution in [0, 0.1) is 32.1 Å². The van der Waals surface area contributed by atoms with Crippen LogP contribution in [0.5, 0.6) is 11.6 Å². The Morgan fingerprint density at radius 2 is 1.93 bits per heavy atom. The molecule has 0 unspecified atom stereocenters. The van der Waals surface area contributed by atoms with E-state index in [9.17, 15) is 14.9 Å². The summed E-state index contributed by atoms with van der Waals surface area (Å²) in [5.41, 5.74) is 2.39. The van der Waals surface area contributed by atoms with E-state index in [1.165, 1.54) is 10.5 Å². The van der Waals surface area contributed by atoms with Crippen LogP contribution in [0.3, 0.4) is 0 Å². The summed E-state index contributed by atoms with van der Waals surface area (Å²) >= 11 is 0. The number of ether oxygens (including phenoxy) is 2. The summed E-state index contributed by atoms with van der Waals surface area (Å²) in [7, 11) is 0. The highest BCUT2D eigenvalue weighted by Gasteiger charge is 2.18. The molecule has 0 saturated heterocycles. The minimum absolute atomic E-state index is 0.0105. The van der Waals surface area contributed by atoms with Crippen LogP contribution in [0.2, 0.25) is 0 Å². The maximum absolute atomic E-state index is 13.2. The molecule has 0 bridgehead atoms. The fraction of sp³-hybridized carbons (Fsp3) is 0.217. The second-order valence-corrected chi connectivity index (χ2v) is 6.84. The van der Waals surface area contributed by atoms with E-state index in [1.54, 1.807) is 25.3 Å². The monoisotopic (exact) mass is 403 g/mol. The van der Waals surface area contributed by atoms with Gasteiger partial charge in [-0.25, -0.2) is 4.79 Å². The van der Waals surface area contributed by atoms with Crippen LogP contribution < -0.4 is 10.3 Å². The van der Waals surface area contributed by atoms with Gasteiger partial charge in [0.05, 0.1) is 6.61 Å². The van der Waals surface area contributed by atoms with E-state index in [-0.39, 0.29) is 23.6 Å². The third-order valence-electron chi connectivity index (χ3n) is 4.36. The largest absolute Gasteiger partial charge is 0.462 e. The van der Waals surface area contributed by atoms with Crippen molar-refractivity contribution in [2.45, 2.75) is 27.7 Å². The lowest BCUT2D eigenvalue weighted by Crippen LogP contribution is -2.20. The molecule has 0 amide bonds. The van der Waals surface area contributed by atoms with Crippen molar-refractivity contribution >= 4 is 17.7 Å². The number of aromatic nitrogens is 2. The van der Waals surface area contributed by atoms with Crippen LogP contribution in [-0.4, -0.2) is 22.0 Å². The SMILES string of the molecule is CCOC(=O)C(C#N)=Cc1c(Oc2cc(C)cc(C)c2)nc2c(C)cccn2c1=O. The van der Waals surface area contributed by atoms with Crippen LogP contribution >= 0.6 is 0 Å². The van der Waals surface area contributed by atoms with Gasteiger partial charge in [-0.15, -0.1) is 0 Å². The molecule has 7 nitrogen and oxygen atoms in total. The van der Waals surface area contributed by atoms with Crippen LogP contribution in [0.4, 0.5) is 0 Å². The topological polar surface area (TPSA) is 93.7 Å². The first-order chi connectivity index (χ1) is 14.3. The summed E-state index contributed by atoms with van der Waals surface area (Å²) in [5.74, 6) is -0.302. The number of hydrogen-bond donors (Lipinski definition) is 0. The molecule has 1 aromatic carbocycles. The molecule has 7 heteroatoms. The van der Waals surface area contributed by atoms with Gasteiger partial charge in [-0.3, -0.25) is 9.20 Å². The van der Waals surface area contributed by atoms with E-state index in [0.717, 1.165) is 16.7 Å². The zero-order valence-electron chi connectivity index (χ0n) is 17.2. The van der Waals surface area contributed by atoms with Crippen molar-refractivity contribution in [3.63, 3.8) is 0 Å². The van der Waals surface area contributed by atoms with Crippen molar-refractivity contribution in [3.05, 3.63) is 74.7 Å². The highest BCUT2D eigenvalue weighted by atomic mass is 16.5. The number of benzene rings is 1. The predicted molar refractivity (Wildman–Crippen MR) is 112 cm³/mol. The number of fused-ring (bicyclic) bond motifs is 1. The summed E-state index contributed by atoms with van der Waals surface area (Å²) in [6, 6.07) is 11.0. The normalized spacial score (nSPS) is 11.2. The van der Waals surface area contributed by atoms with Gasteiger partial charge in [-0.2, -0.15) is 10.2 Å². The number of nitriles is 1. The Morgan fingerprint density at radius 3 is 2.57 bits per heavy atom. The summed E-state index contributed by atoms with van der Waals surface area (Å²) < 4.78 is 12.2. The second kappa shape index (κ2) is 8.62. The zero-order valence-corrected chi connectivity index (χ0v) is 17.2. The first-order valence-corrected chi connectivity index (χ1v) is 9.41. The standard InChI is InChI=1S/C23H21N3O4/c1-5-29-23(28)17(13-24)12-19-21(30-18-10-14(2)9-15(3)11-18)25-20-16(4)7-6-8-26(20)22(19)27/h6-12H,5H2,1-4H3. The lowest BCUT2D eigenvalue weighted by molar-refractivity contribution is -0.137. The van der Waals surface area contributed by atoms with Crippen LogP contribution in [0.1, 0.15) is 29.2 Å². The second-order valence-electron chi connectivity index (χ2n) is 6.84. The number of aryl methyl sites for hydroxylation is 3. The molecule has 0 aliphatic rings. The molecule has 30 heavy (non-hydrogen) atoms. The van der Waals surface area contributed by atoms with Crippen molar-refractivity contribution in [1.29, 1.82) is 5.26 Å². The average Bonchev–Trinajstić information content (AvgIpc) is 2.68. The minimum atomic E-state index is -0.814. The molecule has 0 spiro atoms. The molecule has 152 valence electrons. The Labute approximate surface area is 173 Å². The van der Waals surface area contributed by atoms with Gasteiger partial charge < -0.3 is 9.47 Å². The van der Waals surface area contributed by atoms with Gasteiger partial charge in [0, 0.05) is 6.20 Å². The molecule has 2 aromatic heterocycles. The number of hydrogen-bond acceptors (Lipinski definition) is 6. The van der Waals surface area contributed by atoms with Crippen molar-refractivity contribution in [1.82, 2.24) is 9.38 Å². The fourth-order valence-electron chi connectivity index (χ4n) is 3.09. The minimum Gasteiger partial charge on any atom is -0.462 e. The maximum Gasteiger partial charge on any atom is 0.348 e. The molecular formula is C23H21N3O4. The van der Waals surface area contributed by atoms with Crippen molar-refractivity contribution in [3.8, 4) is 17.7 Å². The summed E-state index contributed by atoms with van der Waals surface area (Å²) in [6.07, 6.45) is 2.74. The van der Waals surface area contributed by atoms with Crippen molar-refractivity contribution < 1.29 is 14.3 Å². The third kappa shape index (κ3) is 4.23.